The zero-order valence-corrected chi connectivity index (χ0v) is 19.2. The minimum atomic E-state index is -3.59. The molecule has 0 bridgehead atoms. The number of benzene rings is 1. The summed E-state index contributed by atoms with van der Waals surface area (Å²) < 4.78 is 26.4. The molecule has 1 atom stereocenters. The van der Waals surface area contributed by atoms with Crippen molar-refractivity contribution in [2.45, 2.75) is 70.6 Å². The highest BCUT2D eigenvalue weighted by atomic mass is 32.2. The molecule has 7 heteroatoms. The number of amides is 1. The number of nitrogens with one attached hydrogen (secondary N) is 1. The maximum Gasteiger partial charge on any atom is 0.243 e. The molecule has 1 N–H and O–H groups in total. The SMILES string of the molecule is CCC(C(=O)NCCSC1CCCCC1)N(c1cc(C)ccc1C)S(C)(=O)=O. The van der Waals surface area contributed by atoms with E-state index in [-0.39, 0.29) is 5.91 Å². The van der Waals surface area contributed by atoms with E-state index in [1.807, 2.05) is 50.7 Å². The zero-order valence-electron chi connectivity index (χ0n) is 17.5. The number of hydrogen-bond donors (Lipinski definition) is 1. The molecule has 0 heterocycles. The normalized spacial score (nSPS) is 16.6. The van der Waals surface area contributed by atoms with Gasteiger partial charge in [0.05, 0.1) is 11.9 Å². The second-order valence-corrected chi connectivity index (χ2v) is 11.0. The van der Waals surface area contributed by atoms with Gasteiger partial charge in [-0.3, -0.25) is 9.10 Å². The Morgan fingerprint density at radius 1 is 1.25 bits per heavy atom. The minimum absolute atomic E-state index is 0.224. The molecule has 0 aromatic heterocycles. The van der Waals surface area contributed by atoms with Gasteiger partial charge >= 0.3 is 0 Å². The number of thioether (sulfide) groups is 1. The molecule has 1 fully saturated rings. The molecule has 0 radical (unpaired) electrons. The number of nitrogens with zero attached hydrogens (tertiary/aromatic N) is 1. The van der Waals surface area contributed by atoms with Gasteiger partial charge in [0.1, 0.15) is 6.04 Å². The van der Waals surface area contributed by atoms with E-state index in [4.69, 9.17) is 0 Å². The molecule has 1 amide bonds. The van der Waals surface area contributed by atoms with Gasteiger partial charge in [0, 0.05) is 17.5 Å². The number of sulfonamides is 1. The van der Waals surface area contributed by atoms with E-state index in [2.05, 4.69) is 5.32 Å². The van der Waals surface area contributed by atoms with E-state index in [1.165, 1.54) is 42.7 Å². The first kappa shape index (κ1) is 23.1. The molecule has 1 unspecified atom stereocenters. The fourth-order valence-corrected chi connectivity index (χ4v) is 6.22. The van der Waals surface area contributed by atoms with Gasteiger partial charge in [-0.1, -0.05) is 38.3 Å². The number of anilines is 1. The molecule has 2 rings (SSSR count). The van der Waals surface area contributed by atoms with Gasteiger partial charge in [-0.05, 0) is 50.3 Å². The lowest BCUT2D eigenvalue weighted by atomic mass is 10.0. The van der Waals surface area contributed by atoms with Crippen molar-refractivity contribution in [3.05, 3.63) is 29.3 Å². The van der Waals surface area contributed by atoms with Gasteiger partial charge in [0.2, 0.25) is 15.9 Å². The predicted octanol–water partition coefficient (Wildman–Crippen LogP) is 4.03. The van der Waals surface area contributed by atoms with Crippen molar-refractivity contribution in [1.29, 1.82) is 0 Å². The Kier molecular flexibility index (Phi) is 8.68. The highest BCUT2D eigenvalue weighted by Gasteiger charge is 2.32. The van der Waals surface area contributed by atoms with Crippen LogP contribution in [0.5, 0.6) is 0 Å². The Morgan fingerprint density at radius 2 is 1.93 bits per heavy atom. The molecule has 28 heavy (non-hydrogen) atoms. The Bertz CT molecular complexity index is 759. The maximum atomic E-state index is 12.9. The Balaban J connectivity index is 2.06. The van der Waals surface area contributed by atoms with Crippen molar-refractivity contribution in [3.8, 4) is 0 Å². The summed E-state index contributed by atoms with van der Waals surface area (Å²) in [5.41, 5.74) is 2.39. The molecular weight excluding hydrogens is 392 g/mol. The molecule has 1 aromatic rings. The lowest BCUT2D eigenvalue weighted by Gasteiger charge is -2.31. The van der Waals surface area contributed by atoms with E-state index in [0.29, 0.717) is 23.9 Å². The number of aryl methyl sites for hydroxylation is 2. The van der Waals surface area contributed by atoms with Gasteiger partial charge in [-0.2, -0.15) is 11.8 Å². The van der Waals surface area contributed by atoms with Crippen molar-refractivity contribution >= 4 is 33.4 Å². The molecule has 0 saturated heterocycles. The summed E-state index contributed by atoms with van der Waals surface area (Å²) in [4.78, 5) is 12.9. The Morgan fingerprint density at radius 3 is 2.54 bits per heavy atom. The molecule has 1 aliphatic rings. The molecule has 5 nitrogen and oxygen atoms in total. The van der Waals surface area contributed by atoms with Gasteiger partial charge < -0.3 is 5.32 Å². The van der Waals surface area contributed by atoms with Crippen LogP contribution in [0.3, 0.4) is 0 Å². The molecular formula is C21H34N2O3S2. The number of carbonyl (C=O) groups excluding carboxylic acids is 1. The van der Waals surface area contributed by atoms with Crippen molar-refractivity contribution < 1.29 is 13.2 Å². The largest absolute Gasteiger partial charge is 0.353 e. The third kappa shape index (κ3) is 6.41. The van der Waals surface area contributed by atoms with Crippen LogP contribution in [0.15, 0.2) is 18.2 Å². The summed E-state index contributed by atoms with van der Waals surface area (Å²) in [5.74, 6) is 0.646. The standard InChI is InChI=1S/C21H34N2O3S2/c1-5-19(21(24)22-13-14-27-18-9-7-6-8-10-18)23(28(4,25)26)20-15-16(2)11-12-17(20)3/h11-12,15,18-19H,5-10,13-14H2,1-4H3,(H,22,24). The van der Waals surface area contributed by atoms with Crippen LogP contribution in [0.2, 0.25) is 0 Å². The molecule has 158 valence electrons. The van der Waals surface area contributed by atoms with Crippen LogP contribution in [0.4, 0.5) is 5.69 Å². The van der Waals surface area contributed by atoms with Crippen molar-refractivity contribution in [2.75, 3.05) is 22.9 Å². The van der Waals surface area contributed by atoms with E-state index >= 15 is 0 Å². The summed E-state index contributed by atoms with van der Waals surface area (Å²) >= 11 is 1.93. The topological polar surface area (TPSA) is 66.5 Å². The average molecular weight is 427 g/mol. The number of hydrogen-bond acceptors (Lipinski definition) is 4. The Hall–Kier alpha value is -1.21. The third-order valence-electron chi connectivity index (χ3n) is 5.24. The molecule has 1 saturated carbocycles. The quantitative estimate of drug-likeness (QED) is 0.606. The number of carbonyl (C=O) groups is 1. The summed E-state index contributed by atoms with van der Waals surface area (Å²) in [6.07, 6.45) is 8.08. The van der Waals surface area contributed by atoms with Crippen LogP contribution < -0.4 is 9.62 Å². The van der Waals surface area contributed by atoms with E-state index < -0.39 is 16.1 Å². The van der Waals surface area contributed by atoms with Crippen LogP contribution >= 0.6 is 11.8 Å². The molecule has 1 aliphatic carbocycles. The van der Waals surface area contributed by atoms with Crippen LogP contribution in [0, 0.1) is 13.8 Å². The fraction of sp³-hybridized carbons (Fsp3) is 0.667. The van der Waals surface area contributed by atoms with Gasteiger partial charge in [0.15, 0.2) is 0 Å². The first-order valence-electron chi connectivity index (χ1n) is 10.2. The summed E-state index contributed by atoms with van der Waals surface area (Å²) in [6.45, 7) is 6.22. The molecule has 0 spiro atoms. The second kappa shape index (κ2) is 10.5. The van der Waals surface area contributed by atoms with E-state index in [1.54, 1.807) is 0 Å². The van der Waals surface area contributed by atoms with Crippen LogP contribution in [0.1, 0.15) is 56.6 Å². The van der Waals surface area contributed by atoms with Crippen molar-refractivity contribution in [2.24, 2.45) is 0 Å². The summed E-state index contributed by atoms with van der Waals surface area (Å²) in [7, 11) is -3.59. The smallest absolute Gasteiger partial charge is 0.243 e. The lowest BCUT2D eigenvalue weighted by molar-refractivity contribution is -0.122. The predicted molar refractivity (Wildman–Crippen MR) is 120 cm³/mol. The number of rotatable bonds is 9. The van der Waals surface area contributed by atoms with Gasteiger partial charge in [-0.25, -0.2) is 8.42 Å². The van der Waals surface area contributed by atoms with Crippen LogP contribution in [-0.4, -0.2) is 44.2 Å². The van der Waals surface area contributed by atoms with E-state index in [9.17, 15) is 13.2 Å². The highest BCUT2D eigenvalue weighted by Crippen LogP contribution is 2.29. The summed E-state index contributed by atoms with van der Waals surface area (Å²) in [5, 5.41) is 3.67. The van der Waals surface area contributed by atoms with Crippen LogP contribution in [-0.2, 0) is 14.8 Å². The Labute approximate surface area is 174 Å². The van der Waals surface area contributed by atoms with Crippen LogP contribution in [0.25, 0.3) is 0 Å². The first-order valence-corrected chi connectivity index (χ1v) is 13.1. The lowest BCUT2D eigenvalue weighted by Crippen LogP contribution is -2.50. The third-order valence-corrected chi connectivity index (χ3v) is 7.79. The highest BCUT2D eigenvalue weighted by molar-refractivity contribution is 7.99. The average Bonchev–Trinajstić information content (AvgIpc) is 2.65. The maximum absolute atomic E-state index is 12.9. The van der Waals surface area contributed by atoms with Gasteiger partial charge in [0.25, 0.3) is 0 Å². The summed E-state index contributed by atoms with van der Waals surface area (Å²) in [6, 6.07) is 4.94. The second-order valence-electron chi connectivity index (χ2n) is 7.69. The van der Waals surface area contributed by atoms with E-state index in [0.717, 1.165) is 16.9 Å². The first-order chi connectivity index (χ1) is 13.2. The van der Waals surface area contributed by atoms with Crippen molar-refractivity contribution in [1.82, 2.24) is 5.32 Å². The minimum Gasteiger partial charge on any atom is -0.353 e. The molecule has 0 aliphatic heterocycles. The fourth-order valence-electron chi connectivity index (χ4n) is 3.74. The van der Waals surface area contributed by atoms with Crippen molar-refractivity contribution in [3.63, 3.8) is 0 Å². The van der Waals surface area contributed by atoms with Gasteiger partial charge in [-0.15, -0.1) is 0 Å². The molecule has 1 aromatic carbocycles. The monoisotopic (exact) mass is 426 g/mol. The zero-order chi connectivity index (χ0) is 20.7.